The van der Waals surface area contributed by atoms with Crippen LogP contribution in [0.15, 0.2) is 48.8 Å². The summed E-state index contributed by atoms with van der Waals surface area (Å²) >= 11 is 0. The maximum absolute atomic E-state index is 12.0. The lowest BCUT2D eigenvalue weighted by atomic mass is 10.2. The third-order valence-corrected chi connectivity index (χ3v) is 3.22. The molecule has 0 aliphatic rings. The minimum Gasteiger partial charge on any atom is -0.508 e. The lowest BCUT2D eigenvalue weighted by Gasteiger charge is -2.03. The molecule has 0 fully saturated rings. The number of nitrogens with zero attached hydrogens (tertiary/aromatic N) is 2. The number of imidazole rings is 1. The molecule has 0 saturated heterocycles. The SMILES string of the molecule is Cc1cccn2cc(CC(=O)Nc3ccc(O)cc3)nc12. The number of carbonyl (C=O) groups is 1. The second-order valence-corrected chi connectivity index (χ2v) is 4.93. The van der Waals surface area contributed by atoms with Gasteiger partial charge in [0.1, 0.15) is 11.4 Å². The molecule has 21 heavy (non-hydrogen) atoms. The van der Waals surface area contributed by atoms with E-state index in [1.54, 1.807) is 12.1 Å². The molecule has 0 aliphatic heterocycles. The van der Waals surface area contributed by atoms with Gasteiger partial charge < -0.3 is 14.8 Å². The van der Waals surface area contributed by atoms with Crippen molar-refractivity contribution < 1.29 is 9.90 Å². The fourth-order valence-corrected chi connectivity index (χ4v) is 2.20. The van der Waals surface area contributed by atoms with Gasteiger partial charge in [-0.1, -0.05) is 6.07 Å². The standard InChI is InChI=1S/C16H15N3O2/c1-11-3-2-8-19-10-13(18-16(11)19)9-15(21)17-12-4-6-14(20)7-5-12/h2-8,10,20H,9H2,1H3,(H,17,21). The first-order chi connectivity index (χ1) is 10.1. The number of phenols is 1. The van der Waals surface area contributed by atoms with E-state index in [9.17, 15) is 9.90 Å². The normalized spacial score (nSPS) is 10.7. The molecule has 3 rings (SSSR count). The summed E-state index contributed by atoms with van der Waals surface area (Å²) in [6.07, 6.45) is 3.98. The van der Waals surface area contributed by atoms with E-state index in [2.05, 4.69) is 10.3 Å². The highest BCUT2D eigenvalue weighted by Crippen LogP contribution is 2.15. The molecule has 106 valence electrons. The summed E-state index contributed by atoms with van der Waals surface area (Å²) in [5.41, 5.74) is 3.31. The van der Waals surface area contributed by atoms with Gasteiger partial charge >= 0.3 is 0 Å². The molecule has 0 bridgehead atoms. The van der Waals surface area contributed by atoms with Crippen molar-refractivity contribution in [3.8, 4) is 5.75 Å². The minimum absolute atomic E-state index is 0.137. The predicted molar refractivity (Wildman–Crippen MR) is 80.4 cm³/mol. The number of hydrogen-bond acceptors (Lipinski definition) is 3. The number of nitrogens with one attached hydrogen (secondary N) is 1. The fraction of sp³-hybridized carbons (Fsp3) is 0.125. The van der Waals surface area contributed by atoms with E-state index in [0.29, 0.717) is 5.69 Å². The van der Waals surface area contributed by atoms with Gasteiger partial charge in [0.15, 0.2) is 0 Å². The van der Waals surface area contributed by atoms with Gasteiger partial charge in [-0.2, -0.15) is 0 Å². The number of hydrogen-bond donors (Lipinski definition) is 2. The van der Waals surface area contributed by atoms with Gasteiger partial charge in [0.05, 0.1) is 12.1 Å². The Labute approximate surface area is 121 Å². The van der Waals surface area contributed by atoms with E-state index in [-0.39, 0.29) is 18.1 Å². The highest BCUT2D eigenvalue weighted by atomic mass is 16.3. The number of fused-ring (bicyclic) bond motifs is 1. The monoisotopic (exact) mass is 281 g/mol. The topological polar surface area (TPSA) is 66.6 Å². The van der Waals surface area contributed by atoms with Crippen LogP contribution in [0, 0.1) is 6.92 Å². The summed E-state index contributed by atoms with van der Waals surface area (Å²) in [6, 6.07) is 10.3. The summed E-state index contributed by atoms with van der Waals surface area (Å²) in [6.45, 7) is 1.99. The first-order valence-corrected chi connectivity index (χ1v) is 6.64. The van der Waals surface area contributed by atoms with Crippen LogP contribution in [0.1, 0.15) is 11.3 Å². The molecule has 2 aromatic heterocycles. The Morgan fingerprint density at radius 2 is 2.05 bits per heavy atom. The molecule has 1 amide bonds. The lowest BCUT2D eigenvalue weighted by molar-refractivity contribution is -0.115. The van der Waals surface area contributed by atoms with Crippen LogP contribution < -0.4 is 5.32 Å². The number of aryl methyl sites for hydroxylation is 1. The molecule has 0 saturated carbocycles. The Kier molecular flexibility index (Phi) is 3.31. The number of rotatable bonds is 3. The van der Waals surface area contributed by atoms with Crippen LogP contribution in [0.4, 0.5) is 5.69 Å². The van der Waals surface area contributed by atoms with E-state index >= 15 is 0 Å². The van der Waals surface area contributed by atoms with Crippen LogP contribution in [0.2, 0.25) is 0 Å². The Morgan fingerprint density at radius 3 is 2.76 bits per heavy atom. The third-order valence-electron chi connectivity index (χ3n) is 3.22. The molecule has 2 N–H and O–H groups in total. The number of benzene rings is 1. The Balaban J connectivity index is 1.74. The van der Waals surface area contributed by atoms with E-state index in [1.165, 1.54) is 12.1 Å². The predicted octanol–water partition coefficient (Wildman–Crippen LogP) is 2.53. The Hall–Kier alpha value is -2.82. The summed E-state index contributed by atoms with van der Waals surface area (Å²) < 4.78 is 1.92. The average molecular weight is 281 g/mol. The van der Waals surface area contributed by atoms with Crippen molar-refractivity contribution in [2.45, 2.75) is 13.3 Å². The molecular formula is C16H15N3O2. The molecule has 0 radical (unpaired) electrons. The molecule has 0 unspecified atom stereocenters. The Morgan fingerprint density at radius 1 is 1.29 bits per heavy atom. The number of pyridine rings is 1. The summed E-state index contributed by atoms with van der Waals surface area (Å²) in [7, 11) is 0. The fourth-order valence-electron chi connectivity index (χ4n) is 2.20. The lowest BCUT2D eigenvalue weighted by Crippen LogP contribution is -2.14. The van der Waals surface area contributed by atoms with Crippen LogP contribution in [0.3, 0.4) is 0 Å². The van der Waals surface area contributed by atoms with E-state index < -0.39 is 0 Å². The van der Waals surface area contributed by atoms with Gasteiger partial charge in [-0.3, -0.25) is 4.79 Å². The maximum atomic E-state index is 12.0. The highest BCUT2D eigenvalue weighted by molar-refractivity contribution is 5.92. The number of anilines is 1. The summed E-state index contributed by atoms with van der Waals surface area (Å²) in [4.78, 5) is 16.5. The van der Waals surface area contributed by atoms with Crippen LogP contribution >= 0.6 is 0 Å². The van der Waals surface area contributed by atoms with E-state index in [0.717, 1.165) is 16.9 Å². The number of phenolic OH excluding ortho intramolecular Hbond substituents is 1. The molecular weight excluding hydrogens is 266 g/mol. The molecule has 1 aromatic carbocycles. The van der Waals surface area contributed by atoms with Gasteiger partial charge in [0.2, 0.25) is 5.91 Å². The second-order valence-electron chi connectivity index (χ2n) is 4.93. The quantitative estimate of drug-likeness (QED) is 0.725. The number of carbonyl (C=O) groups excluding carboxylic acids is 1. The van der Waals surface area contributed by atoms with Gasteiger partial charge in [-0.05, 0) is 42.8 Å². The van der Waals surface area contributed by atoms with Crippen LogP contribution in [-0.2, 0) is 11.2 Å². The molecule has 5 heteroatoms. The zero-order chi connectivity index (χ0) is 14.8. The van der Waals surface area contributed by atoms with Crippen molar-refractivity contribution in [2.24, 2.45) is 0 Å². The average Bonchev–Trinajstić information content (AvgIpc) is 2.85. The summed E-state index contributed by atoms with van der Waals surface area (Å²) in [5.74, 6) is 0.0329. The van der Waals surface area contributed by atoms with E-state index in [4.69, 9.17) is 0 Å². The first-order valence-electron chi connectivity index (χ1n) is 6.64. The maximum Gasteiger partial charge on any atom is 0.230 e. The Bertz CT molecular complexity index is 791. The number of aromatic hydroxyl groups is 1. The molecule has 0 atom stereocenters. The van der Waals surface area contributed by atoms with Gasteiger partial charge in [0.25, 0.3) is 0 Å². The molecule has 5 nitrogen and oxygen atoms in total. The molecule has 2 heterocycles. The third kappa shape index (κ3) is 2.86. The van der Waals surface area contributed by atoms with Crippen molar-refractivity contribution in [2.75, 3.05) is 5.32 Å². The first kappa shape index (κ1) is 13.2. The zero-order valence-electron chi connectivity index (χ0n) is 11.6. The van der Waals surface area contributed by atoms with E-state index in [1.807, 2.05) is 35.9 Å². The molecule has 0 aliphatic carbocycles. The van der Waals surface area contributed by atoms with Crippen molar-refractivity contribution in [3.05, 3.63) is 60.0 Å². The largest absolute Gasteiger partial charge is 0.508 e. The van der Waals surface area contributed by atoms with Gasteiger partial charge in [0, 0.05) is 18.1 Å². The van der Waals surface area contributed by atoms with Crippen LogP contribution in [-0.4, -0.2) is 20.4 Å². The van der Waals surface area contributed by atoms with Crippen molar-refractivity contribution in [1.29, 1.82) is 0 Å². The van der Waals surface area contributed by atoms with Crippen molar-refractivity contribution >= 4 is 17.2 Å². The van der Waals surface area contributed by atoms with Gasteiger partial charge in [-0.25, -0.2) is 4.98 Å². The van der Waals surface area contributed by atoms with Gasteiger partial charge in [-0.15, -0.1) is 0 Å². The van der Waals surface area contributed by atoms with Crippen LogP contribution in [0.25, 0.3) is 5.65 Å². The number of amides is 1. The summed E-state index contributed by atoms with van der Waals surface area (Å²) in [5, 5.41) is 12.0. The smallest absolute Gasteiger partial charge is 0.230 e. The van der Waals surface area contributed by atoms with Crippen molar-refractivity contribution in [3.63, 3.8) is 0 Å². The van der Waals surface area contributed by atoms with Crippen LogP contribution in [0.5, 0.6) is 5.75 Å². The molecule has 3 aromatic rings. The highest BCUT2D eigenvalue weighted by Gasteiger charge is 2.09. The molecule has 0 spiro atoms. The zero-order valence-corrected chi connectivity index (χ0v) is 11.6. The van der Waals surface area contributed by atoms with Crippen molar-refractivity contribution in [1.82, 2.24) is 9.38 Å². The minimum atomic E-state index is -0.137. The second kappa shape index (κ2) is 5.28. The number of aromatic nitrogens is 2.